The minimum atomic E-state index is -0.219. The van der Waals surface area contributed by atoms with Gasteiger partial charge < -0.3 is 20.4 Å². The first-order valence-corrected chi connectivity index (χ1v) is 7.51. The van der Waals surface area contributed by atoms with E-state index >= 15 is 0 Å². The Morgan fingerprint density at radius 2 is 2.14 bits per heavy atom. The van der Waals surface area contributed by atoms with Crippen LogP contribution in [0.4, 0.5) is 0 Å². The van der Waals surface area contributed by atoms with Crippen LogP contribution in [-0.2, 0) is 6.54 Å². The van der Waals surface area contributed by atoms with Gasteiger partial charge >= 0.3 is 0 Å². The van der Waals surface area contributed by atoms with Crippen molar-refractivity contribution in [1.82, 2.24) is 16.0 Å². The number of rotatable bonds is 6. The fourth-order valence-electron chi connectivity index (χ4n) is 1.65. The highest BCUT2D eigenvalue weighted by molar-refractivity contribution is 7.07. The maximum Gasteiger partial charge on any atom is 0.287 e. The van der Waals surface area contributed by atoms with Gasteiger partial charge in [-0.3, -0.25) is 9.79 Å². The lowest BCUT2D eigenvalue weighted by atomic mass is 10.3. The van der Waals surface area contributed by atoms with Gasteiger partial charge in [-0.1, -0.05) is 0 Å². The number of furan rings is 1. The highest BCUT2D eigenvalue weighted by Gasteiger charge is 2.06. The quantitative estimate of drug-likeness (QED) is 0.429. The Kier molecular flexibility index (Phi) is 5.83. The van der Waals surface area contributed by atoms with Crippen LogP contribution in [0.2, 0.25) is 0 Å². The minimum Gasteiger partial charge on any atom is -0.459 e. The Bertz CT molecular complexity index is 564. The van der Waals surface area contributed by atoms with Crippen LogP contribution in [0.1, 0.15) is 16.1 Å². The number of guanidine groups is 1. The molecule has 0 saturated heterocycles. The van der Waals surface area contributed by atoms with Crippen molar-refractivity contribution in [3.05, 3.63) is 46.5 Å². The summed E-state index contributed by atoms with van der Waals surface area (Å²) in [5.41, 5.74) is 1.22. The van der Waals surface area contributed by atoms with Crippen molar-refractivity contribution in [3.63, 3.8) is 0 Å². The first-order valence-electron chi connectivity index (χ1n) is 6.57. The third-order valence-electron chi connectivity index (χ3n) is 2.71. The van der Waals surface area contributed by atoms with Gasteiger partial charge in [0.25, 0.3) is 5.91 Å². The van der Waals surface area contributed by atoms with Gasteiger partial charge in [-0.25, -0.2) is 0 Å². The lowest BCUT2D eigenvalue weighted by Crippen LogP contribution is -2.41. The van der Waals surface area contributed by atoms with Crippen molar-refractivity contribution in [1.29, 1.82) is 0 Å². The summed E-state index contributed by atoms with van der Waals surface area (Å²) in [6.45, 7) is 1.79. The number of hydrogen-bond acceptors (Lipinski definition) is 4. The second kappa shape index (κ2) is 8.11. The summed E-state index contributed by atoms with van der Waals surface area (Å²) in [6.07, 6.45) is 1.48. The van der Waals surface area contributed by atoms with Crippen molar-refractivity contribution in [2.45, 2.75) is 6.54 Å². The van der Waals surface area contributed by atoms with E-state index in [1.165, 1.54) is 11.8 Å². The maximum absolute atomic E-state index is 11.6. The molecule has 0 unspecified atom stereocenters. The van der Waals surface area contributed by atoms with E-state index in [4.69, 9.17) is 4.42 Å². The van der Waals surface area contributed by atoms with Crippen molar-refractivity contribution in [2.75, 3.05) is 20.1 Å². The molecule has 0 bridgehead atoms. The molecule has 0 aliphatic heterocycles. The van der Waals surface area contributed by atoms with Gasteiger partial charge in [0.1, 0.15) is 0 Å². The van der Waals surface area contributed by atoms with E-state index in [1.54, 1.807) is 30.5 Å². The number of carbonyl (C=O) groups excluding carboxylic acids is 1. The summed E-state index contributed by atoms with van der Waals surface area (Å²) in [4.78, 5) is 15.7. The Labute approximate surface area is 127 Å². The van der Waals surface area contributed by atoms with Crippen molar-refractivity contribution in [3.8, 4) is 0 Å². The summed E-state index contributed by atoms with van der Waals surface area (Å²) >= 11 is 1.67. The van der Waals surface area contributed by atoms with Gasteiger partial charge in [0.2, 0.25) is 0 Å². The third-order valence-corrected chi connectivity index (χ3v) is 3.44. The zero-order valence-electron chi connectivity index (χ0n) is 11.8. The molecule has 2 aromatic heterocycles. The maximum atomic E-state index is 11.6. The molecular formula is C14H18N4O2S. The average Bonchev–Trinajstić information content (AvgIpc) is 3.19. The Morgan fingerprint density at radius 1 is 1.29 bits per heavy atom. The van der Waals surface area contributed by atoms with Crippen molar-refractivity contribution < 1.29 is 9.21 Å². The molecule has 0 aliphatic rings. The second-order valence-corrected chi connectivity index (χ2v) is 5.00. The summed E-state index contributed by atoms with van der Waals surface area (Å²) < 4.78 is 5.01. The normalized spacial score (nSPS) is 11.2. The Hall–Kier alpha value is -2.28. The van der Waals surface area contributed by atoms with Crippen LogP contribution in [0.5, 0.6) is 0 Å². The van der Waals surface area contributed by atoms with Crippen molar-refractivity contribution in [2.24, 2.45) is 4.99 Å². The SMILES string of the molecule is CN=C(NCCNC(=O)c1ccco1)NCc1ccsc1. The number of thiophene rings is 1. The van der Waals surface area contributed by atoms with E-state index in [9.17, 15) is 4.79 Å². The van der Waals surface area contributed by atoms with Crippen LogP contribution in [0.25, 0.3) is 0 Å². The molecule has 0 spiro atoms. The van der Waals surface area contributed by atoms with E-state index in [0.717, 1.165) is 6.54 Å². The van der Waals surface area contributed by atoms with E-state index in [2.05, 4.69) is 32.4 Å². The van der Waals surface area contributed by atoms with Gasteiger partial charge in [-0.05, 0) is 34.5 Å². The molecule has 6 nitrogen and oxygen atoms in total. The van der Waals surface area contributed by atoms with Gasteiger partial charge in [0.05, 0.1) is 6.26 Å². The number of amides is 1. The van der Waals surface area contributed by atoms with E-state index in [0.29, 0.717) is 24.8 Å². The number of hydrogen-bond donors (Lipinski definition) is 3. The van der Waals surface area contributed by atoms with E-state index in [-0.39, 0.29) is 5.91 Å². The highest BCUT2D eigenvalue weighted by Crippen LogP contribution is 2.04. The van der Waals surface area contributed by atoms with Crippen molar-refractivity contribution >= 4 is 23.2 Å². The van der Waals surface area contributed by atoms with Crippen LogP contribution < -0.4 is 16.0 Å². The first-order chi connectivity index (χ1) is 10.3. The highest BCUT2D eigenvalue weighted by atomic mass is 32.1. The topological polar surface area (TPSA) is 78.7 Å². The summed E-state index contributed by atoms with van der Waals surface area (Å²) in [6, 6.07) is 5.38. The zero-order valence-corrected chi connectivity index (χ0v) is 12.6. The molecule has 1 amide bonds. The monoisotopic (exact) mass is 306 g/mol. The molecule has 2 aromatic rings. The molecule has 0 saturated carbocycles. The molecule has 21 heavy (non-hydrogen) atoms. The lowest BCUT2D eigenvalue weighted by Gasteiger charge is -2.11. The molecule has 3 N–H and O–H groups in total. The van der Waals surface area contributed by atoms with E-state index < -0.39 is 0 Å². The second-order valence-electron chi connectivity index (χ2n) is 4.22. The summed E-state index contributed by atoms with van der Waals surface area (Å²) in [5, 5.41) is 13.2. The molecule has 2 heterocycles. The predicted octanol–water partition coefficient (Wildman–Crippen LogP) is 1.44. The molecule has 112 valence electrons. The van der Waals surface area contributed by atoms with Crippen LogP contribution in [-0.4, -0.2) is 32.0 Å². The summed E-state index contributed by atoms with van der Waals surface area (Å²) in [5.74, 6) is 0.798. The molecule has 0 radical (unpaired) electrons. The zero-order chi connectivity index (χ0) is 14.9. The largest absolute Gasteiger partial charge is 0.459 e. The predicted molar refractivity (Wildman–Crippen MR) is 83.6 cm³/mol. The fourth-order valence-corrected chi connectivity index (χ4v) is 2.32. The van der Waals surface area contributed by atoms with Gasteiger partial charge in [-0.15, -0.1) is 0 Å². The van der Waals surface area contributed by atoms with Crippen LogP contribution >= 0.6 is 11.3 Å². The first kappa shape index (κ1) is 15.1. The standard InChI is InChI=1S/C14H18N4O2S/c1-15-14(18-9-11-4-8-21-10-11)17-6-5-16-13(19)12-3-2-7-20-12/h2-4,7-8,10H,5-6,9H2,1H3,(H,16,19)(H2,15,17,18). The van der Waals surface area contributed by atoms with Gasteiger partial charge in [0, 0.05) is 26.7 Å². The third kappa shape index (κ3) is 4.96. The number of aliphatic imine (C=N–C) groups is 1. The Morgan fingerprint density at radius 3 is 2.81 bits per heavy atom. The molecule has 0 aromatic carbocycles. The summed E-state index contributed by atoms with van der Waals surface area (Å²) in [7, 11) is 1.71. The molecule has 2 rings (SSSR count). The number of carbonyl (C=O) groups is 1. The fraction of sp³-hybridized carbons (Fsp3) is 0.286. The van der Waals surface area contributed by atoms with Crippen LogP contribution in [0, 0.1) is 0 Å². The average molecular weight is 306 g/mol. The number of nitrogens with zero attached hydrogens (tertiary/aromatic N) is 1. The lowest BCUT2D eigenvalue weighted by molar-refractivity contribution is 0.0926. The smallest absolute Gasteiger partial charge is 0.287 e. The molecule has 0 fully saturated rings. The molecular weight excluding hydrogens is 288 g/mol. The molecule has 0 atom stereocenters. The number of nitrogens with one attached hydrogen (secondary N) is 3. The van der Waals surface area contributed by atoms with Gasteiger partial charge in [-0.2, -0.15) is 11.3 Å². The Balaban J connectivity index is 1.63. The van der Waals surface area contributed by atoms with E-state index in [1.807, 2.05) is 5.38 Å². The minimum absolute atomic E-state index is 0.219. The van der Waals surface area contributed by atoms with Gasteiger partial charge in [0.15, 0.2) is 11.7 Å². The molecule has 7 heteroatoms. The van der Waals surface area contributed by atoms with Crippen LogP contribution in [0.15, 0.2) is 44.6 Å². The molecule has 0 aliphatic carbocycles. The van der Waals surface area contributed by atoms with Crippen LogP contribution in [0.3, 0.4) is 0 Å².